The van der Waals surface area contributed by atoms with Gasteiger partial charge in [-0.25, -0.2) is 18.4 Å². The fourth-order valence-electron chi connectivity index (χ4n) is 6.20. The van der Waals surface area contributed by atoms with Crippen LogP contribution in [-0.2, 0) is 11.3 Å². The Morgan fingerprint density at radius 3 is 2.22 bits per heavy atom. The molecular weight excluding hydrogens is 698 g/mol. The molecule has 0 radical (unpaired) electrons. The molecule has 0 spiro atoms. The van der Waals surface area contributed by atoms with Gasteiger partial charge in [-0.2, -0.15) is 20.1 Å². The van der Waals surface area contributed by atoms with Crippen LogP contribution in [0.4, 0.5) is 15.8 Å². The summed E-state index contributed by atoms with van der Waals surface area (Å²) in [6, 6.07) is 17.8. The molecule has 15 heteroatoms. The fourth-order valence-corrected chi connectivity index (χ4v) is 6.73. The highest BCUT2D eigenvalue weighted by Gasteiger charge is 2.22. The van der Waals surface area contributed by atoms with Crippen LogP contribution in [0.25, 0.3) is 5.69 Å². The molecule has 1 N–H and O–H groups in total. The number of benzene rings is 3. The number of hydrogen-bond acceptors (Lipinski definition) is 9. The van der Waals surface area contributed by atoms with E-state index >= 15 is 4.39 Å². The molecule has 0 saturated carbocycles. The highest BCUT2D eigenvalue weighted by atomic mass is 35.5. The zero-order valence-electron chi connectivity index (χ0n) is 28.5. The van der Waals surface area contributed by atoms with E-state index in [-0.39, 0.29) is 31.5 Å². The Bertz CT molecular complexity index is 1930. The minimum atomic E-state index is -0.998. The van der Waals surface area contributed by atoms with E-state index in [2.05, 4.69) is 34.0 Å². The molecule has 12 nitrogen and oxygen atoms in total. The van der Waals surface area contributed by atoms with Gasteiger partial charge in [-0.05, 0) is 61.4 Å². The van der Waals surface area contributed by atoms with Crippen LogP contribution in [0.15, 0.2) is 84.2 Å². The molecule has 3 heterocycles. The van der Waals surface area contributed by atoms with Crippen molar-refractivity contribution in [3.8, 4) is 11.4 Å². The SMILES string of the molecule is CCC(CC)n1ncn(-c2ccc(N3CCN(c4ccc(OC[C@H](O)COC(Cn5nccn5)c5ccc(Cl)cc5Cl)cc4F)CC3)cc2)c1=O. The summed E-state index contributed by atoms with van der Waals surface area (Å²) in [5.74, 6) is -0.101. The highest BCUT2D eigenvalue weighted by molar-refractivity contribution is 6.35. The lowest BCUT2D eigenvalue weighted by Gasteiger charge is -2.37. The molecule has 51 heavy (non-hydrogen) atoms. The number of anilines is 2. The van der Waals surface area contributed by atoms with Crippen LogP contribution in [0.5, 0.6) is 5.75 Å². The smallest absolute Gasteiger partial charge is 0.350 e. The Morgan fingerprint density at radius 1 is 0.863 bits per heavy atom. The van der Waals surface area contributed by atoms with E-state index in [1.807, 2.05) is 29.2 Å². The number of rotatable bonds is 15. The molecule has 2 aromatic heterocycles. The molecule has 3 aromatic carbocycles. The number of halogens is 3. The van der Waals surface area contributed by atoms with E-state index < -0.39 is 18.0 Å². The lowest BCUT2D eigenvalue weighted by atomic mass is 10.1. The molecule has 270 valence electrons. The maximum Gasteiger partial charge on any atom is 0.350 e. The van der Waals surface area contributed by atoms with Crippen molar-refractivity contribution < 1.29 is 19.0 Å². The second-order valence-corrected chi connectivity index (χ2v) is 13.2. The van der Waals surface area contributed by atoms with Gasteiger partial charge in [0.15, 0.2) is 0 Å². The molecule has 1 fully saturated rings. The van der Waals surface area contributed by atoms with E-state index in [0.29, 0.717) is 53.2 Å². The lowest BCUT2D eigenvalue weighted by molar-refractivity contribution is -0.0339. The second kappa shape index (κ2) is 16.7. The maximum absolute atomic E-state index is 15.3. The van der Waals surface area contributed by atoms with Crippen LogP contribution >= 0.6 is 23.2 Å². The average molecular weight is 740 g/mol. The van der Waals surface area contributed by atoms with Crippen LogP contribution in [0.1, 0.15) is 44.4 Å². The summed E-state index contributed by atoms with van der Waals surface area (Å²) >= 11 is 12.5. The van der Waals surface area contributed by atoms with Gasteiger partial charge < -0.3 is 24.4 Å². The van der Waals surface area contributed by atoms with Gasteiger partial charge in [0, 0.05) is 53.5 Å². The van der Waals surface area contributed by atoms with E-state index in [0.717, 1.165) is 24.2 Å². The highest BCUT2D eigenvalue weighted by Crippen LogP contribution is 2.30. The third kappa shape index (κ3) is 8.73. The number of aromatic nitrogens is 6. The van der Waals surface area contributed by atoms with Gasteiger partial charge in [0.2, 0.25) is 0 Å². The summed E-state index contributed by atoms with van der Waals surface area (Å²) in [5, 5.41) is 24.2. The summed E-state index contributed by atoms with van der Waals surface area (Å²) in [5.41, 5.74) is 2.82. The first-order valence-corrected chi connectivity index (χ1v) is 17.8. The number of aliphatic hydroxyl groups excluding tert-OH is 1. The molecule has 0 aliphatic carbocycles. The van der Waals surface area contributed by atoms with Crippen LogP contribution < -0.4 is 20.2 Å². The molecule has 6 rings (SSSR count). The van der Waals surface area contributed by atoms with Crippen LogP contribution in [0.3, 0.4) is 0 Å². The Hall–Kier alpha value is -4.43. The molecular formula is C36H41Cl2FN8O4. The Balaban J connectivity index is 0.995. The van der Waals surface area contributed by atoms with E-state index in [4.69, 9.17) is 32.7 Å². The van der Waals surface area contributed by atoms with Gasteiger partial charge in [-0.1, -0.05) is 43.1 Å². The average Bonchev–Trinajstić information content (AvgIpc) is 3.80. The maximum atomic E-state index is 15.3. The van der Waals surface area contributed by atoms with Crippen LogP contribution in [0.2, 0.25) is 10.0 Å². The van der Waals surface area contributed by atoms with Crippen molar-refractivity contribution >= 4 is 34.6 Å². The van der Waals surface area contributed by atoms with E-state index in [1.165, 1.54) is 10.9 Å². The van der Waals surface area contributed by atoms with Gasteiger partial charge in [0.05, 0.1) is 43.0 Å². The van der Waals surface area contributed by atoms with Crippen molar-refractivity contribution in [1.29, 1.82) is 0 Å². The topological polar surface area (TPSA) is 116 Å². The number of hydrogen-bond donors (Lipinski definition) is 1. The van der Waals surface area contributed by atoms with Gasteiger partial charge in [-0.3, -0.25) is 0 Å². The predicted octanol–water partition coefficient (Wildman–Crippen LogP) is 5.96. The van der Waals surface area contributed by atoms with Crippen molar-refractivity contribution in [3.63, 3.8) is 0 Å². The standard InChI is InChI=1S/C36H41Cl2FN8O4/c1-3-26(4-2)47-36(49)45(24-42-47)28-8-6-27(7-9-28)43-15-17-44(18-16-43)34-12-10-30(20-33(34)39)50-22-29(48)23-51-35(21-46-40-13-14-41-46)31-11-5-25(37)19-32(31)38/h5-14,19-20,24,26,29,35,48H,3-4,15-18,21-23H2,1-2H3/t29-,35?/m0/s1. The molecule has 0 bridgehead atoms. The zero-order valence-corrected chi connectivity index (χ0v) is 30.0. The van der Waals surface area contributed by atoms with Gasteiger partial charge in [-0.15, -0.1) is 0 Å². The molecule has 2 atom stereocenters. The van der Waals surface area contributed by atoms with Crippen molar-refractivity contribution in [1.82, 2.24) is 29.3 Å². The van der Waals surface area contributed by atoms with Crippen molar-refractivity contribution in [3.05, 3.63) is 111 Å². The Morgan fingerprint density at radius 2 is 1.55 bits per heavy atom. The van der Waals surface area contributed by atoms with E-state index in [1.54, 1.807) is 58.3 Å². The molecule has 5 aromatic rings. The van der Waals surface area contributed by atoms with Crippen LogP contribution in [-0.4, -0.2) is 79.9 Å². The van der Waals surface area contributed by atoms with Crippen molar-refractivity contribution in [2.45, 2.75) is 51.5 Å². The van der Waals surface area contributed by atoms with Crippen molar-refractivity contribution in [2.24, 2.45) is 0 Å². The summed E-state index contributed by atoms with van der Waals surface area (Å²) in [4.78, 5) is 18.7. The van der Waals surface area contributed by atoms with Gasteiger partial charge in [0.1, 0.15) is 36.7 Å². The van der Waals surface area contributed by atoms with Gasteiger partial charge >= 0.3 is 5.69 Å². The lowest BCUT2D eigenvalue weighted by Crippen LogP contribution is -2.46. The molecule has 1 unspecified atom stereocenters. The normalized spacial score (nSPS) is 14.6. The van der Waals surface area contributed by atoms with Crippen LogP contribution in [0, 0.1) is 5.82 Å². The Labute approximate surface area is 305 Å². The molecule has 1 aliphatic rings. The Kier molecular flexibility index (Phi) is 11.9. The predicted molar refractivity (Wildman–Crippen MR) is 195 cm³/mol. The van der Waals surface area contributed by atoms with Gasteiger partial charge in [0.25, 0.3) is 0 Å². The van der Waals surface area contributed by atoms with Crippen molar-refractivity contribution in [2.75, 3.05) is 49.2 Å². The summed E-state index contributed by atoms with van der Waals surface area (Å²) < 4.78 is 30.2. The summed E-state index contributed by atoms with van der Waals surface area (Å²) in [6.07, 6.45) is 4.83. The summed E-state index contributed by atoms with van der Waals surface area (Å²) in [6.45, 7) is 6.86. The zero-order chi connectivity index (χ0) is 35.9. The molecule has 0 amide bonds. The number of piperazine rings is 1. The monoisotopic (exact) mass is 738 g/mol. The second-order valence-electron chi connectivity index (χ2n) is 12.3. The first-order chi connectivity index (χ1) is 24.7. The number of aliphatic hydroxyl groups is 1. The summed E-state index contributed by atoms with van der Waals surface area (Å²) in [7, 11) is 0. The van der Waals surface area contributed by atoms with E-state index in [9.17, 15) is 9.90 Å². The molecule has 1 saturated heterocycles. The first kappa shape index (κ1) is 36.4. The largest absolute Gasteiger partial charge is 0.491 e. The quantitative estimate of drug-likeness (QED) is 0.139. The third-order valence-electron chi connectivity index (χ3n) is 9.05. The minimum Gasteiger partial charge on any atom is -0.491 e. The fraction of sp³-hybridized carbons (Fsp3) is 0.389. The number of ether oxygens (including phenoxy) is 2. The third-order valence-corrected chi connectivity index (χ3v) is 9.61. The first-order valence-electron chi connectivity index (χ1n) is 17.0. The number of nitrogens with zero attached hydrogens (tertiary/aromatic N) is 8. The molecule has 1 aliphatic heterocycles. The minimum absolute atomic E-state index is 0.0694.